The van der Waals surface area contributed by atoms with Crippen LogP contribution in [0.1, 0.15) is 12.8 Å². The highest BCUT2D eigenvalue weighted by Gasteiger charge is 2.09. The summed E-state index contributed by atoms with van der Waals surface area (Å²) in [7, 11) is 0. The second kappa shape index (κ2) is 5.56. The fraction of sp³-hybridized carbons (Fsp3) is 0.833. The summed E-state index contributed by atoms with van der Waals surface area (Å²) >= 11 is 1.71. The van der Waals surface area contributed by atoms with Crippen molar-refractivity contribution in [1.29, 1.82) is 0 Å². The van der Waals surface area contributed by atoms with Crippen molar-refractivity contribution in [3.8, 4) is 0 Å². The predicted octanol–water partition coefficient (Wildman–Crippen LogP) is 0.542. The average Bonchev–Trinajstić information content (AvgIpc) is 1.88. The Hall–Kier alpha value is -0.220. The number of thioether (sulfide) groups is 1. The fourth-order valence-corrected chi connectivity index (χ4v) is 1.03. The Bertz CT molecular complexity index is 108. The molecule has 3 nitrogen and oxygen atoms in total. The highest BCUT2D eigenvalue weighted by atomic mass is 32.2. The lowest BCUT2D eigenvalue weighted by Crippen LogP contribution is -2.29. The van der Waals surface area contributed by atoms with E-state index in [0.29, 0.717) is 6.42 Å². The van der Waals surface area contributed by atoms with Gasteiger partial charge in [-0.05, 0) is 24.9 Å². The number of nitrogens with two attached hydrogens (primary N) is 1. The third kappa shape index (κ3) is 4.64. The molecule has 0 aromatic heterocycles. The molecule has 0 unspecified atom stereocenters. The molecule has 0 aromatic carbocycles. The van der Waals surface area contributed by atoms with Gasteiger partial charge in [-0.2, -0.15) is 11.8 Å². The van der Waals surface area contributed by atoms with Crippen LogP contribution in [0.25, 0.3) is 0 Å². The third-order valence-corrected chi connectivity index (χ3v) is 1.88. The second-order valence-corrected chi connectivity index (χ2v) is 3.07. The summed E-state index contributed by atoms with van der Waals surface area (Å²) in [5.74, 6) is 0.0853. The molecule has 0 aliphatic heterocycles. The van der Waals surface area contributed by atoms with E-state index in [1.807, 2.05) is 6.26 Å². The molecule has 0 rings (SSSR count). The number of hydrogen-bond acceptors (Lipinski definition) is 3. The summed E-state index contributed by atoms with van der Waals surface area (Å²) in [4.78, 5) is 10.2. The molecule has 0 heterocycles. The molecular weight excluding hydrogens is 150 g/mol. The minimum atomic E-state index is -0.902. The molecule has 0 bridgehead atoms. The number of carboxylic acids is 1. The second-order valence-electron chi connectivity index (χ2n) is 2.08. The lowest BCUT2D eigenvalue weighted by molar-refractivity contribution is -0.138. The first-order valence-corrected chi connectivity index (χ1v) is 4.55. The molecule has 0 saturated heterocycles. The standard InChI is InChI=1S/C6H13NO2S/c1-10-4-2-3-5(7)6(8)9/h5H,2-4,7H2,1H3,(H,8,9)/t5-/m1/s1. The molecule has 1 atom stereocenters. The van der Waals surface area contributed by atoms with Crippen molar-refractivity contribution < 1.29 is 9.90 Å². The van der Waals surface area contributed by atoms with Gasteiger partial charge in [0.1, 0.15) is 6.04 Å². The minimum Gasteiger partial charge on any atom is -0.480 e. The van der Waals surface area contributed by atoms with E-state index in [0.717, 1.165) is 12.2 Å². The monoisotopic (exact) mass is 163 g/mol. The summed E-state index contributed by atoms with van der Waals surface area (Å²) in [5.41, 5.74) is 5.25. The maximum atomic E-state index is 10.2. The molecule has 0 saturated carbocycles. The molecular formula is C6H13NO2S. The molecule has 0 amide bonds. The van der Waals surface area contributed by atoms with Crippen molar-refractivity contribution in [2.45, 2.75) is 18.9 Å². The lowest BCUT2D eigenvalue weighted by atomic mass is 10.2. The van der Waals surface area contributed by atoms with Crippen LogP contribution in [0.15, 0.2) is 0 Å². The van der Waals surface area contributed by atoms with Gasteiger partial charge in [-0.15, -0.1) is 0 Å². The highest BCUT2D eigenvalue weighted by molar-refractivity contribution is 7.98. The van der Waals surface area contributed by atoms with E-state index in [1.54, 1.807) is 11.8 Å². The molecule has 0 radical (unpaired) electrons. The third-order valence-electron chi connectivity index (χ3n) is 1.18. The van der Waals surface area contributed by atoms with Crippen LogP contribution in [-0.2, 0) is 4.79 Å². The highest BCUT2D eigenvalue weighted by Crippen LogP contribution is 2.01. The van der Waals surface area contributed by atoms with Gasteiger partial charge in [-0.25, -0.2) is 0 Å². The van der Waals surface area contributed by atoms with Crippen molar-refractivity contribution in [3.63, 3.8) is 0 Å². The maximum absolute atomic E-state index is 10.2. The molecule has 4 heteroatoms. The van der Waals surface area contributed by atoms with Gasteiger partial charge in [0.25, 0.3) is 0 Å². The van der Waals surface area contributed by atoms with E-state index >= 15 is 0 Å². The Morgan fingerprint density at radius 2 is 2.40 bits per heavy atom. The Morgan fingerprint density at radius 1 is 1.80 bits per heavy atom. The van der Waals surface area contributed by atoms with Gasteiger partial charge in [0, 0.05) is 0 Å². The van der Waals surface area contributed by atoms with Crippen molar-refractivity contribution in [1.82, 2.24) is 0 Å². The van der Waals surface area contributed by atoms with E-state index in [9.17, 15) is 4.79 Å². The quantitative estimate of drug-likeness (QED) is 0.581. The largest absolute Gasteiger partial charge is 0.480 e. The number of carboxylic acid groups (broad SMARTS) is 1. The van der Waals surface area contributed by atoms with Crippen LogP contribution in [0.5, 0.6) is 0 Å². The number of carbonyl (C=O) groups is 1. The van der Waals surface area contributed by atoms with Crippen LogP contribution in [0.2, 0.25) is 0 Å². The first-order valence-electron chi connectivity index (χ1n) is 3.15. The lowest BCUT2D eigenvalue weighted by Gasteiger charge is -2.03. The summed E-state index contributed by atoms with van der Waals surface area (Å²) in [6.07, 6.45) is 3.46. The van der Waals surface area contributed by atoms with E-state index < -0.39 is 12.0 Å². The van der Waals surface area contributed by atoms with Crippen LogP contribution in [0.3, 0.4) is 0 Å². The minimum absolute atomic E-state index is 0.580. The Kier molecular flexibility index (Phi) is 5.43. The summed E-state index contributed by atoms with van der Waals surface area (Å²) in [6.45, 7) is 0. The number of rotatable bonds is 5. The first kappa shape index (κ1) is 9.78. The zero-order valence-corrected chi connectivity index (χ0v) is 6.86. The van der Waals surface area contributed by atoms with Crippen molar-refractivity contribution in [3.05, 3.63) is 0 Å². The molecule has 60 valence electrons. The SMILES string of the molecule is CSCCC[C@@H](N)C(=O)O. The first-order chi connectivity index (χ1) is 4.68. The molecule has 0 aliphatic rings. The molecule has 0 fully saturated rings. The van der Waals surface area contributed by atoms with Crippen molar-refractivity contribution in [2.24, 2.45) is 5.73 Å². The van der Waals surface area contributed by atoms with Crippen LogP contribution < -0.4 is 5.73 Å². The number of aliphatic carboxylic acids is 1. The summed E-state index contributed by atoms with van der Waals surface area (Å²) in [6, 6.07) is -0.674. The van der Waals surface area contributed by atoms with E-state index in [1.165, 1.54) is 0 Å². The fourth-order valence-electron chi connectivity index (χ4n) is 0.571. The Morgan fingerprint density at radius 3 is 2.80 bits per heavy atom. The van der Waals surface area contributed by atoms with Crippen LogP contribution >= 0.6 is 11.8 Å². The van der Waals surface area contributed by atoms with Gasteiger partial charge >= 0.3 is 5.97 Å². The van der Waals surface area contributed by atoms with E-state index in [4.69, 9.17) is 10.8 Å². The Balaban J connectivity index is 3.21. The van der Waals surface area contributed by atoms with Crippen molar-refractivity contribution >= 4 is 17.7 Å². The topological polar surface area (TPSA) is 63.3 Å². The predicted molar refractivity (Wildman–Crippen MR) is 43.2 cm³/mol. The van der Waals surface area contributed by atoms with Crippen LogP contribution in [-0.4, -0.2) is 29.1 Å². The zero-order chi connectivity index (χ0) is 7.98. The molecule has 0 aromatic rings. The molecule has 3 N–H and O–H groups in total. The zero-order valence-electron chi connectivity index (χ0n) is 6.04. The maximum Gasteiger partial charge on any atom is 0.320 e. The van der Waals surface area contributed by atoms with E-state index in [-0.39, 0.29) is 0 Å². The van der Waals surface area contributed by atoms with E-state index in [2.05, 4.69) is 0 Å². The number of hydrogen-bond donors (Lipinski definition) is 2. The smallest absolute Gasteiger partial charge is 0.320 e. The van der Waals surface area contributed by atoms with Crippen LogP contribution in [0, 0.1) is 0 Å². The summed E-state index contributed by atoms with van der Waals surface area (Å²) in [5, 5.41) is 8.35. The van der Waals surface area contributed by atoms with Gasteiger partial charge in [-0.1, -0.05) is 0 Å². The van der Waals surface area contributed by atoms with Gasteiger partial charge in [0.2, 0.25) is 0 Å². The normalized spacial score (nSPS) is 13.0. The van der Waals surface area contributed by atoms with Crippen LogP contribution in [0.4, 0.5) is 0 Å². The molecule has 0 spiro atoms. The van der Waals surface area contributed by atoms with Crippen molar-refractivity contribution in [2.75, 3.05) is 12.0 Å². The van der Waals surface area contributed by atoms with Gasteiger partial charge in [0.15, 0.2) is 0 Å². The van der Waals surface area contributed by atoms with Gasteiger partial charge < -0.3 is 10.8 Å². The Labute approximate surface area is 65.0 Å². The summed E-state index contributed by atoms with van der Waals surface area (Å²) < 4.78 is 0. The molecule has 0 aliphatic carbocycles. The molecule has 10 heavy (non-hydrogen) atoms. The van der Waals surface area contributed by atoms with Gasteiger partial charge in [0.05, 0.1) is 0 Å². The van der Waals surface area contributed by atoms with Gasteiger partial charge in [-0.3, -0.25) is 4.79 Å². The average molecular weight is 163 g/mol.